The molecular formula is C73H140N2O7P+. The Labute approximate surface area is 516 Å². The number of phosphoric ester groups is 1. The molecule has 0 heterocycles. The van der Waals surface area contributed by atoms with E-state index in [-0.39, 0.29) is 25.1 Å². The monoisotopic (exact) mass is 1190 g/mol. The van der Waals surface area contributed by atoms with Crippen molar-refractivity contribution in [3.05, 3.63) is 48.6 Å². The molecule has 83 heavy (non-hydrogen) atoms. The number of ether oxygens (including phenoxy) is 1. The molecule has 0 aromatic carbocycles. The number of carbonyl (C=O) groups excluding carboxylic acids is 2. The van der Waals surface area contributed by atoms with Crippen LogP contribution < -0.4 is 5.32 Å². The number of hydrogen-bond acceptors (Lipinski definition) is 6. The van der Waals surface area contributed by atoms with Crippen molar-refractivity contribution in [3.8, 4) is 0 Å². The van der Waals surface area contributed by atoms with Crippen LogP contribution in [-0.2, 0) is 27.9 Å². The molecule has 0 fully saturated rings. The van der Waals surface area contributed by atoms with Crippen molar-refractivity contribution >= 4 is 19.7 Å². The highest BCUT2D eigenvalue weighted by Crippen LogP contribution is 2.43. The Kier molecular flexibility index (Phi) is 61.5. The molecule has 3 unspecified atom stereocenters. The predicted octanol–water partition coefficient (Wildman–Crippen LogP) is 22.8. The molecular weight excluding hydrogens is 1050 g/mol. The van der Waals surface area contributed by atoms with E-state index in [1.807, 2.05) is 33.3 Å². The van der Waals surface area contributed by atoms with Gasteiger partial charge in [-0.05, 0) is 70.3 Å². The van der Waals surface area contributed by atoms with E-state index < -0.39 is 20.0 Å². The highest BCUT2D eigenvalue weighted by molar-refractivity contribution is 7.47. The second-order valence-corrected chi connectivity index (χ2v) is 27.2. The summed E-state index contributed by atoms with van der Waals surface area (Å²) in [5.74, 6) is -0.491. The molecule has 0 aromatic heterocycles. The van der Waals surface area contributed by atoms with Crippen LogP contribution >= 0.6 is 7.82 Å². The maximum Gasteiger partial charge on any atom is 0.472 e. The van der Waals surface area contributed by atoms with E-state index in [0.29, 0.717) is 23.9 Å². The molecule has 0 aliphatic rings. The molecule has 1 amide bonds. The minimum atomic E-state index is -4.45. The van der Waals surface area contributed by atoms with Crippen LogP contribution in [0.4, 0.5) is 0 Å². The van der Waals surface area contributed by atoms with Crippen molar-refractivity contribution in [1.82, 2.24) is 5.32 Å². The summed E-state index contributed by atoms with van der Waals surface area (Å²) in [6, 6.07) is -0.849. The quantitative estimate of drug-likeness (QED) is 0.0205. The minimum Gasteiger partial charge on any atom is -0.456 e. The van der Waals surface area contributed by atoms with E-state index >= 15 is 0 Å². The number of rotatable bonds is 66. The fourth-order valence-electron chi connectivity index (χ4n) is 10.7. The second-order valence-electron chi connectivity index (χ2n) is 25.8. The Hall–Kier alpha value is -2.03. The molecule has 0 spiro atoms. The van der Waals surface area contributed by atoms with Crippen LogP contribution in [0.15, 0.2) is 48.6 Å². The number of quaternary nitrogens is 1. The van der Waals surface area contributed by atoms with E-state index in [1.165, 1.54) is 250 Å². The van der Waals surface area contributed by atoms with Gasteiger partial charge >= 0.3 is 13.8 Å². The number of phosphoric acid groups is 1. The molecule has 488 valence electrons. The first-order chi connectivity index (χ1) is 40.4. The van der Waals surface area contributed by atoms with Crippen molar-refractivity contribution in [2.45, 2.75) is 367 Å². The lowest BCUT2D eigenvalue weighted by atomic mass is 10.0. The summed E-state index contributed by atoms with van der Waals surface area (Å²) >= 11 is 0. The molecule has 3 atom stereocenters. The van der Waals surface area contributed by atoms with Gasteiger partial charge < -0.3 is 19.4 Å². The van der Waals surface area contributed by atoms with Crippen LogP contribution in [0, 0.1) is 0 Å². The second kappa shape index (κ2) is 63.0. The number of esters is 1. The number of hydrogen-bond donors (Lipinski definition) is 2. The fourth-order valence-corrected chi connectivity index (χ4v) is 11.5. The van der Waals surface area contributed by atoms with Gasteiger partial charge in [0.15, 0.2) is 0 Å². The topological polar surface area (TPSA) is 111 Å². The molecule has 0 saturated heterocycles. The summed E-state index contributed by atoms with van der Waals surface area (Å²) in [6.07, 6.45) is 79.7. The predicted molar refractivity (Wildman–Crippen MR) is 360 cm³/mol. The van der Waals surface area contributed by atoms with E-state index in [2.05, 4.69) is 62.5 Å². The molecule has 0 bridgehead atoms. The summed E-state index contributed by atoms with van der Waals surface area (Å²) < 4.78 is 30.9. The molecule has 0 aromatic rings. The summed E-state index contributed by atoms with van der Waals surface area (Å²) in [5.41, 5.74) is 0. The van der Waals surface area contributed by atoms with E-state index in [9.17, 15) is 19.0 Å². The molecule has 0 rings (SSSR count). The normalized spacial score (nSPS) is 13.8. The number of likely N-dealkylation sites (N-methyl/N-ethyl adjacent to an activating group) is 1. The number of amides is 1. The number of carbonyl (C=O) groups is 2. The SMILES string of the molecule is CCCCC/C=C\C/C=C\C/C=C\CCCCCCCCCCCCC(=O)NC(COP(=O)(O)OCC[N+](C)(C)C)C(/C=C/CCCCCCCCCCCCC)OC(=O)CCCCCCCCCCCCCCCCCCCCCCC. The number of nitrogens with one attached hydrogen (secondary N) is 1. The van der Waals surface area contributed by atoms with Gasteiger partial charge in [0.05, 0.1) is 33.8 Å². The van der Waals surface area contributed by atoms with Crippen LogP contribution in [-0.4, -0.2) is 74.3 Å². The lowest BCUT2D eigenvalue weighted by Crippen LogP contribution is -2.47. The zero-order valence-corrected chi connectivity index (χ0v) is 56.8. The maximum absolute atomic E-state index is 13.6. The molecule has 0 radical (unpaired) electrons. The van der Waals surface area contributed by atoms with Crippen LogP contribution in [0.3, 0.4) is 0 Å². The van der Waals surface area contributed by atoms with E-state index in [4.69, 9.17) is 13.8 Å². The summed E-state index contributed by atoms with van der Waals surface area (Å²) in [4.78, 5) is 37.9. The van der Waals surface area contributed by atoms with Gasteiger partial charge in [0.25, 0.3) is 0 Å². The Balaban J connectivity index is 5.10. The standard InChI is InChI=1S/C73H139N2O7P/c1-7-10-13-16-19-22-25-28-30-32-34-36-37-39-40-42-44-47-50-53-56-59-62-65-72(76)74-70(69-81-83(78,79)80-68-67-75(4,5)6)71(64-61-58-55-52-49-46-27-24-21-18-15-12-9-3)82-73(77)66-63-60-57-54-51-48-45-43-41-38-35-33-31-29-26-23-20-17-14-11-8-2/h19,22,28,30,34,36,61,64,70-71H,7-18,20-21,23-27,29,31-33,35,37-60,62-63,65-69H2,1-6H3,(H-,74,76,78,79)/p+1/b22-19-,30-28-,36-34-,64-61+. The Bertz CT molecular complexity index is 1560. The third kappa shape index (κ3) is 64.3. The zero-order valence-electron chi connectivity index (χ0n) is 56.0. The first-order valence-electron chi connectivity index (χ1n) is 36.0. The Morgan fingerprint density at radius 3 is 1.12 bits per heavy atom. The summed E-state index contributed by atoms with van der Waals surface area (Å²) in [7, 11) is 1.51. The van der Waals surface area contributed by atoms with Gasteiger partial charge in [0.2, 0.25) is 5.91 Å². The van der Waals surface area contributed by atoms with Gasteiger partial charge in [0, 0.05) is 12.8 Å². The Morgan fingerprint density at radius 2 is 0.735 bits per heavy atom. The van der Waals surface area contributed by atoms with Gasteiger partial charge in [-0.3, -0.25) is 18.6 Å². The molecule has 9 nitrogen and oxygen atoms in total. The van der Waals surface area contributed by atoms with E-state index in [1.54, 1.807) is 0 Å². The van der Waals surface area contributed by atoms with Crippen LogP contribution in [0.2, 0.25) is 0 Å². The van der Waals surface area contributed by atoms with Crippen molar-refractivity contribution in [3.63, 3.8) is 0 Å². The molecule has 2 N–H and O–H groups in total. The minimum absolute atomic E-state index is 0.0411. The smallest absolute Gasteiger partial charge is 0.456 e. The lowest BCUT2D eigenvalue weighted by Gasteiger charge is -2.27. The average molecular weight is 1190 g/mol. The number of unbranched alkanes of at least 4 members (excludes halogenated alkanes) is 44. The average Bonchev–Trinajstić information content (AvgIpc) is 3.46. The first-order valence-corrected chi connectivity index (χ1v) is 37.5. The summed E-state index contributed by atoms with van der Waals surface area (Å²) in [6.45, 7) is 7.04. The Morgan fingerprint density at radius 1 is 0.422 bits per heavy atom. The molecule has 0 aliphatic carbocycles. The molecule has 0 saturated carbocycles. The molecule has 0 aliphatic heterocycles. The van der Waals surface area contributed by atoms with Crippen molar-refractivity contribution in [1.29, 1.82) is 0 Å². The third-order valence-corrected chi connectivity index (χ3v) is 17.3. The number of allylic oxidation sites excluding steroid dienone is 7. The van der Waals surface area contributed by atoms with Gasteiger partial charge in [-0.2, -0.15) is 0 Å². The first kappa shape index (κ1) is 81.0. The van der Waals surface area contributed by atoms with Gasteiger partial charge in [-0.15, -0.1) is 0 Å². The number of nitrogens with zero attached hydrogens (tertiary/aromatic N) is 1. The van der Waals surface area contributed by atoms with Gasteiger partial charge in [-0.25, -0.2) is 4.57 Å². The van der Waals surface area contributed by atoms with E-state index in [0.717, 1.165) is 70.6 Å². The van der Waals surface area contributed by atoms with Crippen molar-refractivity contribution < 1.29 is 37.3 Å². The molecule has 10 heteroatoms. The largest absolute Gasteiger partial charge is 0.472 e. The maximum atomic E-state index is 13.6. The van der Waals surface area contributed by atoms with Crippen molar-refractivity contribution in [2.24, 2.45) is 0 Å². The van der Waals surface area contributed by atoms with Crippen molar-refractivity contribution in [2.75, 3.05) is 40.9 Å². The lowest BCUT2D eigenvalue weighted by molar-refractivity contribution is -0.870. The summed E-state index contributed by atoms with van der Waals surface area (Å²) in [5, 5.41) is 3.08. The van der Waals surface area contributed by atoms with Crippen LogP contribution in [0.1, 0.15) is 355 Å². The highest BCUT2D eigenvalue weighted by atomic mass is 31.2. The third-order valence-electron chi connectivity index (χ3n) is 16.3. The fraction of sp³-hybridized carbons (Fsp3) is 0.863. The zero-order chi connectivity index (χ0) is 60.7. The van der Waals surface area contributed by atoms with Gasteiger partial charge in [0.1, 0.15) is 19.3 Å². The van der Waals surface area contributed by atoms with Crippen LogP contribution in [0.25, 0.3) is 0 Å². The van der Waals surface area contributed by atoms with Gasteiger partial charge in [-0.1, -0.05) is 320 Å². The highest BCUT2D eigenvalue weighted by Gasteiger charge is 2.30. The van der Waals surface area contributed by atoms with Crippen LogP contribution in [0.5, 0.6) is 0 Å².